The van der Waals surface area contributed by atoms with Gasteiger partial charge in [-0.25, -0.2) is 4.79 Å². The smallest absolute Gasteiger partial charge is 0.317 e. The Morgan fingerprint density at radius 3 is 2.35 bits per heavy atom. The number of nitrogens with zero attached hydrogens (tertiary/aromatic N) is 1. The number of amides is 2. The van der Waals surface area contributed by atoms with Gasteiger partial charge in [-0.1, -0.05) is 26.2 Å². The van der Waals surface area contributed by atoms with Crippen molar-refractivity contribution in [3.63, 3.8) is 0 Å². The SMILES string of the molecule is CC1CCN(C(=O)NCC2(C(=O)O)CCCCC2)CC1. The molecule has 1 aliphatic heterocycles. The van der Waals surface area contributed by atoms with Gasteiger partial charge < -0.3 is 15.3 Å². The van der Waals surface area contributed by atoms with Crippen molar-refractivity contribution in [1.29, 1.82) is 0 Å². The zero-order valence-electron chi connectivity index (χ0n) is 12.4. The minimum Gasteiger partial charge on any atom is -0.481 e. The highest BCUT2D eigenvalue weighted by atomic mass is 16.4. The summed E-state index contributed by atoms with van der Waals surface area (Å²) < 4.78 is 0. The first kappa shape index (κ1) is 15.1. The van der Waals surface area contributed by atoms with Crippen LogP contribution in [0.5, 0.6) is 0 Å². The third-order valence-electron chi connectivity index (χ3n) is 4.91. The lowest BCUT2D eigenvalue weighted by Gasteiger charge is -2.35. The van der Waals surface area contributed by atoms with E-state index >= 15 is 0 Å². The maximum Gasteiger partial charge on any atom is 0.317 e. The summed E-state index contributed by atoms with van der Waals surface area (Å²) in [5.74, 6) is -0.0764. The monoisotopic (exact) mass is 282 g/mol. The van der Waals surface area contributed by atoms with Crippen LogP contribution in [0.25, 0.3) is 0 Å². The van der Waals surface area contributed by atoms with Crippen molar-refractivity contribution in [2.45, 2.75) is 51.9 Å². The Hall–Kier alpha value is -1.26. The van der Waals surface area contributed by atoms with E-state index in [1.54, 1.807) is 0 Å². The van der Waals surface area contributed by atoms with Crippen molar-refractivity contribution >= 4 is 12.0 Å². The number of carboxylic acid groups (broad SMARTS) is 1. The van der Waals surface area contributed by atoms with E-state index in [2.05, 4.69) is 12.2 Å². The van der Waals surface area contributed by atoms with E-state index in [4.69, 9.17) is 0 Å². The van der Waals surface area contributed by atoms with Crippen LogP contribution in [0.2, 0.25) is 0 Å². The fraction of sp³-hybridized carbons (Fsp3) is 0.867. The van der Waals surface area contributed by atoms with Gasteiger partial charge in [-0.05, 0) is 31.6 Å². The molecule has 1 heterocycles. The number of nitrogens with one attached hydrogen (secondary N) is 1. The van der Waals surface area contributed by atoms with E-state index in [9.17, 15) is 14.7 Å². The topological polar surface area (TPSA) is 69.6 Å². The normalized spacial score (nSPS) is 23.4. The van der Waals surface area contributed by atoms with Crippen LogP contribution in [0, 0.1) is 11.3 Å². The quantitative estimate of drug-likeness (QED) is 0.835. The number of hydrogen-bond donors (Lipinski definition) is 2. The summed E-state index contributed by atoms with van der Waals surface area (Å²) in [4.78, 5) is 25.5. The van der Waals surface area contributed by atoms with Crippen LogP contribution < -0.4 is 5.32 Å². The van der Waals surface area contributed by atoms with Crippen molar-refractivity contribution in [1.82, 2.24) is 10.2 Å². The van der Waals surface area contributed by atoms with Gasteiger partial charge in [0.05, 0.1) is 5.41 Å². The summed E-state index contributed by atoms with van der Waals surface area (Å²) in [6.45, 7) is 4.05. The van der Waals surface area contributed by atoms with Crippen molar-refractivity contribution in [3.8, 4) is 0 Å². The fourth-order valence-electron chi connectivity index (χ4n) is 3.26. The van der Waals surface area contributed by atoms with E-state index in [1.807, 2.05) is 4.90 Å². The molecule has 2 rings (SSSR count). The average Bonchev–Trinajstić information content (AvgIpc) is 2.46. The predicted molar refractivity (Wildman–Crippen MR) is 76.5 cm³/mol. The fourth-order valence-corrected chi connectivity index (χ4v) is 3.26. The summed E-state index contributed by atoms with van der Waals surface area (Å²) >= 11 is 0. The Kier molecular flexibility index (Phi) is 4.89. The van der Waals surface area contributed by atoms with Crippen LogP contribution in [0.15, 0.2) is 0 Å². The Labute approximate surface area is 120 Å². The van der Waals surface area contributed by atoms with Gasteiger partial charge in [0.1, 0.15) is 0 Å². The molecule has 0 radical (unpaired) electrons. The summed E-state index contributed by atoms with van der Waals surface area (Å²) in [6, 6.07) is -0.0944. The lowest BCUT2D eigenvalue weighted by molar-refractivity contribution is -0.150. The van der Waals surface area contributed by atoms with E-state index in [-0.39, 0.29) is 12.6 Å². The molecule has 0 unspecified atom stereocenters. The van der Waals surface area contributed by atoms with Crippen molar-refractivity contribution in [2.75, 3.05) is 19.6 Å². The van der Waals surface area contributed by atoms with Crippen LogP contribution in [0.1, 0.15) is 51.9 Å². The zero-order chi connectivity index (χ0) is 14.6. The van der Waals surface area contributed by atoms with E-state index in [1.165, 1.54) is 0 Å². The first-order valence-corrected chi connectivity index (χ1v) is 7.80. The molecule has 0 aromatic rings. The first-order chi connectivity index (χ1) is 9.53. The predicted octanol–water partition coefficient (Wildman–Crippen LogP) is 2.46. The molecule has 5 nitrogen and oxygen atoms in total. The summed E-state index contributed by atoms with van der Waals surface area (Å²) in [5, 5.41) is 12.3. The molecule has 0 aromatic heterocycles. The molecule has 114 valence electrons. The Balaban J connectivity index is 1.86. The molecule has 0 atom stereocenters. The maximum absolute atomic E-state index is 12.1. The second-order valence-corrected chi connectivity index (χ2v) is 6.47. The largest absolute Gasteiger partial charge is 0.481 e. The molecule has 2 amide bonds. The molecule has 1 aliphatic carbocycles. The highest BCUT2D eigenvalue weighted by molar-refractivity contribution is 5.78. The maximum atomic E-state index is 12.1. The Bertz CT molecular complexity index is 356. The third-order valence-corrected chi connectivity index (χ3v) is 4.91. The van der Waals surface area contributed by atoms with Gasteiger partial charge in [0.15, 0.2) is 0 Å². The van der Waals surface area contributed by atoms with Crippen molar-refractivity contribution in [2.24, 2.45) is 11.3 Å². The number of hydrogen-bond acceptors (Lipinski definition) is 2. The molecular formula is C15H26N2O3. The molecular weight excluding hydrogens is 256 g/mol. The molecule has 5 heteroatoms. The van der Waals surface area contributed by atoms with Gasteiger partial charge in [-0.2, -0.15) is 0 Å². The summed E-state index contributed by atoms with van der Waals surface area (Å²) in [5.41, 5.74) is -0.739. The van der Waals surface area contributed by atoms with E-state index in [0.717, 1.165) is 45.2 Å². The van der Waals surface area contributed by atoms with Gasteiger partial charge in [0.25, 0.3) is 0 Å². The third kappa shape index (κ3) is 3.44. The van der Waals surface area contributed by atoms with Gasteiger partial charge in [0.2, 0.25) is 0 Å². The molecule has 0 spiro atoms. The number of carboxylic acids is 1. The van der Waals surface area contributed by atoms with Crippen molar-refractivity contribution in [3.05, 3.63) is 0 Å². The van der Waals surface area contributed by atoms with E-state index in [0.29, 0.717) is 18.8 Å². The lowest BCUT2D eigenvalue weighted by atomic mass is 9.74. The second kappa shape index (κ2) is 6.46. The van der Waals surface area contributed by atoms with Crippen LogP contribution in [0.3, 0.4) is 0 Å². The van der Waals surface area contributed by atoms with Crippen LogP contribution >= 0.6 is 0 Å². The number of aliphatic carboxylic acids is 1. The summed E-state index contributed by atoms with van der Waals surface area (Å²) in [7, 11) is 0. The van der Waals surface area contributed by atoms with Gasteiger partial charge >= 0.3 is 12.0 Å². The molecule has 1 saturated heterocycles. The van der Waals surface area contributed by atoms with Gasteiger partial charge in [-0.3, -0.25) is 4.79 Å². The summed E-state index contributed by atoms with van der Waals surface area (Å²) in [6.07, 6.45) is 6.44. The molecule has 2 fully saturated rings. The zero-order valence-corrected chi connectivity index (χ0v) is 12.4. The standard InChI is InChI=1S/C15H26N2O3/c1-12-5-9-17(10-6-12)14(20)16-11-15(13(18)19)7-3-2-4-8-15/h12H,2-11H2,1H3,(H,16,20)(H,18,19). The lowest BCUT2D eigenvalue weighted by Crippen LogP contribution is -2.50. The number of carbonyl (C=O) groups excluding carboxylic acids is 1. The van der Waals surface area contributed by atoms with Crippen LogP contribution in [-0.4, -0.2) is 41.6 Å². The van der Waals surface area contributed by atoms with Crippen LogP contribution in [-0.2, 0) is 4.79 Å². The number of urea groups is 1. The molecule has 1 saturated carbocycles. The van der Waals surface area contributed by atoms with Gasteiger partial charge in [-0.15, -0.1) is 0 Å². The minimum absolute atomic E-state index is 0.0944. The second-order valence-electron chi connectivity index (χ2n) is 6.47. The minimum atomic E-state index is -0.759. The Morgan fingerprint density at radius 2 is 1.80 bits per heavy atom. The number of carbonyl (C=O) groups is 2. The van der Waals surface area contributed by atoms with Crippen molar-refractivity contribution < 1.29 is 14.7 Å². The Morgan fingerprint density at radius 1 is 1.20 bits per heavy atom. The number of likely N-dealkylation sites (tertiary alicyclic amines) is 1. The highest BCUT2D eigenvalue weighted by Gasteiger charge is 2.40. The first-order valence-electron chi connectivity index (χ1n) is 7.80. The average molecular weight is 282 g/mol. The molecule has 2 aliphatic rings. The molecule has 2 N–H and O–H groups in total. The number of piperidine rings is 1. The van der Waals surface area contributed by atoms with Gasteiger partial charge in [0, 0.05) is 19.6 Å². The highest BCUT2D eigenvalue weighted by Crippen LogP contribution is 2.36. The van der Waals surface area contributed by atoms with E-state index < -0.39 is 11.4 Å². The molecule has 20 heavy (non-hydrogen) atoms. The molecule has 0 aromatic carbocycles. The molecule has 0 bridgehead atoms. The van der Waals surface area contributed by atoms with Crippen LogP contribution in [0.4, 0.5) is 4.79 Å². The number of rotatable bonds is 3.